The van der Waals surface area contributed by atoms with Crippen LogP contribution in [0, 0.1) is 11.6 Å². The maximum atomic E-state index is 13.3. The molecule has 0 saturated carbocycles. The van der Waals surface area contributed by atoms with E-state index in [9.17, 15) is 8.78 Å². The molecule has 1 aromatic carbocycles. The molecule has 1 aliphatic rings. The van der Waals surface area contributed by atoms with E-state index in [0.717, 1.165) is 24.7 Å². The molecule has 2 aromatic rings. The molecule has 3 rings (SSSR count). The van der Waals surface area contributed by atoms with E-state index < -0.39 is 11.6 Å². The normalized spacial score (nSPS) is 18.4. The molecular formula is C13H12BrF2N3. The van der Waals surface area contributed by atoms with Gasteiger partial charge in [0.1, 0.15) is 0 Å². The summed E-state index contributed by atoms with van der Waals surface area (Å²) in [5.74, 6) is -1.72. The summed E-state index contributed by atoms with van der Waals surface area (Å²) in [6.45, 7) is 0.785. The van der Waals surface area contributed by atoms with Gasteiger partial charge in [-0.3, -0.25) is 0 Å². The fourth-order valence-electron chi connectivity index (χ4n) is 2.41. The maximum absolute atomic E-state index is 13.3. The summed E-state index contributed by atoms with van der Waals surface area (Å²) in [5.41, 5.74) is 8.18. The van der Waals surface area contributed by atoms with Gasteiger partial charge in [-0.2, -0.15) is 0 Å². The van der Waals surface area contributed by atoms with Crippen molar-refractivity contribution in [3.8, 4) is 11.3 Å². The molecule has 0 saturated heterocycles. The molecule has 0 radical (unpaired) electrons. The van der Waals surface area contributed by atoms with Crippen LogP contribution in [0.15, 0.2) is 22.9 Å². The number of hydrogen-bond donors (Lipinski definition) is 1. The Balaban J connectivity index is 2.12. The van der Waals surface area contributed by atoms with Crippen molar-refractivity contribution >= 4 is 15.9 Å². The first-order valence-corrected chi connectivity index (χ1v) is 6.81. The van der Waals surface area contributed by atoms with Crippen molar-refractivity contribution in [1.29, 1.82) is 0 Å². The van der Waals surface area contributed by atoms with E-state index >= 15 is 0 Å². The molecule has 0 bridgehead atoms. The smallest absolute Gasteiger partial charge is 0.177 e. The second-order valence-corrected chi connectivity index (χ2v) is 5.42. The molecule has 0 spiro atoms. The molecule has 3 nitrogen and oxygen atoms in total. The van der Waals surface area contributed by atoms with E-state index in [0.29, 0.717) is 22.4 Å². The standard InChI is InChI=1S/C13H12BrF2N3/c14-13-18-12(7-1-2-9(15)10(16)5-7)11-6-8(17)3-4-19(11)13/h1-2,5,8H,3-4,6,17H2. The third-order valence-corrected chi connectivity index (χ3v) is 4.00. The van der Waals surface area contributed by atoms with Crippen molar-refractivity contribution in [2.45, 2.75) is 25.4 Å². The minimum Gasteiger partial charge on any atom is -0.327 e. The van der Waals surface area contributed by atoms with Crippen LogP contribution in [0.4, 0.5) is 8.78 Å². The number of aromatic nitrogens is 2. The van der Waals surface area contributed by atoms with Gasteiger partial charge in [-0.1, -0.05) is 0 Å². The lowest BCUT2D eigenvalue weighted by Gasteiger charge is -2.21. The van der Waals surface area contributed by atoms with Gasteiger partial charge in [-0.15, -0.1) is 0 Å². The second-order valence-electron chi connectivity index (χ2n) is 4.71. The van der Waals surface area contributed by atoms with E-state index in [1.54, 1.807) is 0 Å². The Morgan fingerprint density at radius 2 is 2.11 bits per heavy atom. The number of benzene rings is 1. The summed E-state index contributed by atoms with van der Waals surface area (Å²) in [5, 5.41) is 0. The topological polar surface area (TPSA) is 43.8 Å². The molecular weight excluding hydrogens is 316 g/mol. The van der Waals surface area contributed by atoms with E-state index in [2.05, 4.69) is 20.9 Å². The summed E-state index contributed by atoms with van der Waals surface area (Å²) < 4.78 is 29.1. The third kappa shape index (κ3) is 2.19. The van der Waals surface area contributed by atoms with Gasteiger partial charge in [0, 0.05) is 30.3 Å². The van der Waals surface area contributed by atoms with Gasteiger partial charge in [0.05, 0.1) is 5.69 Å². The number of halogens is 3. The van der Waals surface area contributed by atoms with Crippen molar-refractivity contribution < 1.29 is 8.78 Å². The average molecular weight is 328 g/mol. The van der Waals surface area contributed by atoms with Gasteiger partial charge >= 0.3 is 0 Å². The summed E-state index contributed by atoms with van der Waals surface area (Å²) >= 11 is 3.40. The average Bonchev–Trinajstić information content (AvgIpc) is 2.70. The summed E-state index contributed by atoms with van der Waals surface area (Å²) in [7, 11) is 0. The molecule has 0 fully saturated rings. The molecule has 1 atom stereocenters. The van der Waals surface area contributed by atoms with Crippen LogP contribution < -0.4 is 5.73 Å². The molecule has 0 amide bonds. The summed E-state index contributed by atoms with van der Waals surface area (Å²) in [6.07, 6.45) is 1.58. The molecule has 2 N–H and O–H groups in total. The Kier molecular flexibility index (Phi) is 3.14. The first kappa shape index (κ1) is 12.7. The van der Waals surface area contributed by atoms with Crippen LogP contribution in [-0.2, 0) is 13.0 Å². The Bertz CT molecular complexity index is 639. The monoisotopic (exact) mass is 327 g/mol. The van der Waals surface area contributed by atoms with Crippen LogP contribution in [0.25, 0.3) is 11.3 Å². The van der Waals surface area contributed by atoms with Crippen LogP contribution >= 0.6 is 15.9 Å². The molecule has 19 heavy (non-hydrogen) atoms. The second kappa shape index (κ2) is 4.68. The van der Waals surface area contributed by atoms with Gasteiger partial charge in [0.2, 0.25) is 0 Å². The van der Waals surface area contributed by atoms with Crippen molar-refractivity contribution in [3.63, 3.8) is 0 Å². The third-order valence-electron chi connectivity index (χ3n) is 3.40. The van der Waals surface area contributed by atoms with E-state index in [1.807, 2.05) is 4.57 Å². The van der Waals surface area contributed by atoms with Crippen LogP contribution in [-0.4, -0.2) is 15.6 Å². The fourth-order valence-corrected chi connectivity index (χ4v) is 2.98. The molecule has 100 valence electrons. The number of fused-ring (bicyclic) bond motifs is 1. The van der Waals surface area contributed by atoms with Crippen molar-refractivity contribution in [2.24, 2.45) is 5.73 Å². The zero-order valence-corrected chi connectivity index (χ0v) is 11.6. The highest BCUT2D eigenvalue weighted by Crippen LogP contribution is 2.31. The predicted molar refractivity (Wildman–Crippen MR) is 71.6 cm³/mol. The van der Waals surface area contributed by atoms with Crippen LogP contribution in [0.1, 0.15) is 12.1 Å². The fraction of sp³-hybridized carbons (Fsp3) is 0.308. The highest BCUT2D eigenvalue weighted by atomic mass is 79.9. The number of hydrogen-bond acceptors (Lipinski definition) is 2. The molecule has 1 unspecified atom stereocenters. The van der Waals surface area contributed by atoms with Gasteiger partial charge in [0.15, 0.2) is 16.4 Å². The lowest BCUT2D eigenvalue weighted by atomic mass is 10.0. The number of nitrogens with two attached hydrogens (primary N) is 1. The minimum absolute atomic E-state index is 0.0835. The maximum Gasteiger partial charge on any atom is 0.177 e. The Morgan fingerprint density at radius 1 is 1.32 bits per heavy atom. The van der Waals surface area contributed by atoms with E-state index in [-0.39, 0.29) is 6.04 Å². The molecule has 1 aromatic heterocycles. The van der Waals surface area contributed by atoms with Crippen LogP contribution in [0.2, 0.25) is 0 Å². The predicted octanol–water partition coefficient (Wildman–Crippen LogP) is 2.86. The molecule has 6 heteroatoms. The van der Waals surface area contributed by atoms with Crippen molar-refractivity contribution in [1.82, 2.24) is 9.55 Å². The summed E-state index contributed by atoms with van der Waals surface area (Å²) in [6, 6.07) is 3.91. The SMILES string of the molecule is NC1CCn2c(Br)nc(-c3ccc(F)c(F)c3)c2C1. The largest absolute Gasteiger partial charge is 0.327 e. The van der Waals surface area contributed by atoms with Crippen molar-refractivity contribution in [3.05, 3.63) is 40.3 Å². The zero-order chi connectivity index (χ0) is 13.6. The summed E-state index contributed by atoms with van der Waals surface area (Å²) in [4.78, 5) is 4.40. The Morgan fingerprint density at radius 3 is 2.84 bits per heavy atom. The van der Waals surface area contributed by atoms with E-state index in [1.165, 1.54) is 12.1 Å². The lowest BCUT2D eigenvalue weighted by molar-refractivity contribution is 0.467. The zero-order valence-electron chi connectivity index (χ0n) is 10.0. The molecule has 2 heterocycles. The number of nitrogens with zero attached hydrogens (tertiary/aromatic N) is 2. The first-order chi connectivity index (χ1) is 9.06. The first-order valence-electron chi connectivity index (χ1n) is 6.02. The van der Waals surface area contributed by atoms with Crippen LogP contribution in [0.3, 0.4) is 0 Å². The Labute approximate surface area is 117 Å². The van der Waals surface area contributed by atoms with E-state index in [4.69, 9.17) is 5.73 Å². The Hall–Kier alpha value is -1.27. The van der Waals surface area contributed by atoms with Gasteiger partial charge in [-0.25, -0.2) is 13.8 Å². The highest BCUT2D eigenvalue weighted by Gasteiger charge is 2.23. The molecule has 1 aliphatic heterocycles. The van der Waals surface area contributed by atoms with Gasteiger partial charge < -0.3 is 10.3 Å². The minimum atomic E-state index is -0.865. The van der Waals surface area contributed by atoms with Gasteiger partial charge in [0.25, 0.3) is 0 Å². The quantitative estimate of drug-likeness (QED) is 0.875. The number of rotatable bonds is 1. The number of imidazole rings is 1. The molecule has 0 aliphatic carbocycles. The van der Waals surface area contributed by atoms with Crippen molar-refractivity contribution in [2.75, 3.05) is 0 Å². The van der Waals surface area contributed by atoms with Crippen LogP contribution in [0.5, 0.6) is 0 Å². The lowest BCUT2D eigenvalue weighted by Crippen LogP contribution is -2.30. The van der Waals surface area contributed by atoms with Gasteiger partial charge in [-0.05, 0) is 40.5 Å². The highest BCUT2D eigenvalue weighted by molar-refractivity contribution is 9.10.